The number of benzene rings is 1. The quantitative estimate of drug-likeness (QED) is 0.652. The molecular formula is C8H8Cl2O. The van der Waals surface area contributed by atoms with Crippen LogP contribution in [0.5, 0.6) is 5.75 Å². The SMILES string of the molecule is COc1c(Cl)cccc1CCl. The van der Waals surface area contributed by atoms with Gasteiger partial charge in [-0.25, -0.2) is 0 Å². The number of ether oxygens (including phenoxy) is 1. The molecule has 0 aromatic heterocycles. The number of alkyl halides is 1. The van der Waals surface area contributed by atoms with Crippen molar-refractivity contribution in [3.63, 3.8) is 0 Å². The van der Waals surface area contributed by atoms with Gasteiger partial charge in [-0.3, -0.25) is 0 Å². The standard InChI is InChI=1S/C8H8Cl2O/c1-11-8-6(5-9)3-2-4-7(8)10/h2-4H,5H2,1H3. The first-order chi connectivity index (χ1) is 5.29. The molecular weight excluding hydrogens is 183 g/mol. The molecule has 0 heterocycles. The highest BCUT2D eigenvalue weighted by molar-refractivity contribution is 6.32. The number of methoxy groups -OCH3 is 1. The van der Waals surface area contributed by atoms with Gasteiger partial charge < -0.3 is 4.74 Å². The maximum Gasteiger partial charge on any atom is 0.141 e. The van der Waals surface area contributed by atoms with Crippen molar-refractivity contribution in [2.24, 2.45) is 0 Å². The van der Waals surface area contributed by atoms with Gasteiger partial charge in [0.1, 0.15) is 5.75 Å². The largest absolute Gasteiger partial charge is 0.495 e. The Morgan fingerprint density at radius 3 is 2.64 bits per heavy atom. The summed E-state index contributed by atoms with van der Waals surface area (Å²) in [4.78, 5) is 0. The molecule has 0 aliphatic carbocycles. The number of para-hydroxylation sites is 1. The Morgan fingerprint density at radius 2 is 2.18 bits per heavy atom. The zero-order chi connectivity index (χ0) is 8.27. The monoisotopic (exact) mass is 190 g/mol. The van der Waals surface area contributed by atoms with E-state index < -0.39 is 0 Å². The van der Waals surface area contributed by atoms with Crippen molar-refractivity contribution in [2.75, 3.05) is 7.11 Å². The van der Waals surface area contributed by atoms with Gasteiger partial charge in [0.15, 0.2) is 0 Å². The number of halogens is 2. The summed E-state index contributed by atoms with van der Waals surface area (Å²) in [5.74, 6) is 1.09. The minimum Gasteiger partial charge on any atom is -0.495 e. The molecule has 3 heteroatoms. The van der Waals surface area contributed by atoms with E-state index in [1.54, 1.807) is 13.2 Å². The molecule has 0 N–H and O–H groups in total. The lowest BCUT2D eigenvalue weighted by Crippen LogP contribution is -1.89. The first-order valence-electron chi connectivity index (χ1n) is 3.17. The van der Waals surface area contributed by atoms with Crippen LogP contribution in [-0.2, 0) is 5.88 Å². The Hall–Kier alpha value is -0.400. The molecule has 0 amide bonds. The maximum absolute atomic E-state index is 5.82. The molecule has 0 atom stereocenters. The topological polar surface area (TPSA) is 9.23 Å². The van der Waals surface area contributed by atoms with Crippen LogP contribution >= 0.6 is 23.2 Å². The van der Waals surface area contributed by atoms with Crippen LogP contribution in [-0.4, -0.2) is 7.11 Å². The summed E-state index contributed by atoms with van der Waals surface area (Å²) in [6.45, 7) is 0. The molecule has 0 spiro atoms. The van der Waals surface area contributed by atoms with Gasteiger partial charge in [-0.1, -0.05) is 23.7 Å². The van der Waals surface area contributed by atoms with Crippen LogP contribution in [0.3, 0.4) is 0 Å². The summed E-state index contributed by atoms with van der Waals surface area (Å²) in [6.07, 6.45) is 0. The number of hydrogen-bond donors (Lipinski definition) is 0. The lowest BCUT2D eigenvalue weighted by atomic mass is 10.2. The van der Waals surface area contributed by atoms with Gasteiger partial charge in [0.05, 0.1) is 18.0 Å². The van der Waals surface area contributed by atoms with Crippen molar-refractivity contribution in [2.45, 2.75) is 5.88 Å². The zero-order valence-corrected chi connectivity index (χ0v) is 7.62. The van der Waals surface area contributed by atoms with Crippen LogP contribution in [0.25, 0.3) is 0 Å². The molecule has 0 aliphatic heterocycles. The van der Waals surface area contributed by atoms with Gasteiger partial charge >= 0.3 is 0 Å². The molecule has 0 radical (unpaired) electrons. The third-order valence-electron chi connectivity index (χ3n) is 1.40. The first kappa shape index (κ1) is 8.69. The highest BCUT2D eigenvalue weighted by atomic mass is 35.5. The van der Waals surface area contributed by atoms with Crippen LogP contribution in [0.1, 0.15) is 5.56 Å². The van der Waals surface area contributed by atoms with Crippen molar-refractivity contribution in [1.82, 2.24) is 0 Å². The lowest BCUT2D eigenvalue weighted by molar-refractivity contribution is 0.411. The van der Waals surface area contributed by atoms with E-state index in [2.05, 4.69) is 0 Å². The van der Waals surface area contributed by atoms with Crippen molar-refractivity contribution in [3.8, 4) is 5.75 Å². The predicted octanol–water partition coefficient (Wildman–Crippen LogP) is 3.09. The molecule has 1 aromatic rings. The highest BCUT2D eigenvalue weighted by Crippen LogP contribution is 2.28. The fraction of sp³-hybridized carbons (Fsp3) is 0.250. The second-order valence-corrected chi connectivity index (χ2v) is 2.74. The zero-order valence-electron chi connectivity index (χ0n) is 6.10. The summed E-state index contributed by atoms with van der Waals surface area (Å²) in [6, 6.07) is 5.51. The molecule has 1 rings (SSSR count). The van der Waals surface area contributed by atoms with Crippen LogP contribution in [0, 0.1) is 0 Å². The maximum atomic E-state index is 5.82. The van der Waals surface area contributed by atoms with E-state index >= 15 is 0 Å². The van der Waals surface area contributed by atoms with E-state index in [4.69, 9.17) is 27.9 Å². The van der Waals surface area contributed by atoms with Crippen molar-refractivity contribution in [1.29, 1.82) is 0 Å². The summed E-state index contributed by atoms with van der Waals surface area (Å²) in [5, 5.41) is 0.602. The van der Waals surface area contributed by atoms with E-state index in [1.165, 1.54) is 0 Å². The van der Waals surface area contributed by atoms with Crippen molar-refractivity contribution < 1.29 is 4.74 Å². The van der Waals surface area contributed by atoms with Crippen LogP contribution in [0.15, 0.2) is 18.2 Å². The second kappa shape index (κ2) is 3.84. The Labute approximate surface area is 75.9 Å². The molecule has 0 aliphatic rings. The molecule has 11 heavy (non-hydrogen) atoms. The van der Waals surface area contributed by atoms with E-state index in [0.29, 0.717) is 16.7 Å². The van der Waals surface area contributed by atoms with Gasteiger partial charge in [0, 0.05) is 5.56 Å². The summed E-state index contributed by atoms with van der Waals surface area (Å²) in [7, 11) is 1.58. The van der Waals surface area contributed by atoms with Crippen LogP contribution in [0.2, 0.25) is 5.02 Å². The molecule has 60 valence electrons. The smallest absolute Gasteiger partial charge is 0.141 e. The summed E-state index contributed by atoms with van der Waals surface area (Å²) in [5.41, 5.74) is 0.918. The normalized spacial score (nSPS) is 9.73. The Bertz CT molecular complexity index is 248. The van der Waals surface area contributed by atoms with Gasteiger partial charge in [-0.15, -0.1) is 11.6 Å². The summed E-state index contributed by atoms with van der Waals surface area (Å²) >= 11 is 11.5. The minimum atomic E-state index is 0.420. The summed E-state index contributed by atoms with van der Waals surface area (Å²) < 4.78 is 5.05. The fourth-order valence-electron chi connectivity index (χ4n) is 0.887. The second-order valence-electron chi connectivity index (χ2n) is 2.07. The average molecular weight is 191 g/mol. The lowest BCUT2D eigenvalue weighted by Gasteiger charge is -2.06. The molecule has 0 saturated carbocycles. The Kier molecular flexibility index (Phi) is 3.03. The molecule has 1 aromatic carbocycles. The average Bonchev–Trinajstić information content (AvgIpc) is 2.04. The van der Waals surface area contributed by atoms with Gasteiger partial charge in [0.25, 0.3) is 0 Å². The Morgan fingerprint density at radius 1 is 1.45 bits per heavy atom. The van der Waals surface area contributed by atoms with E-state index in [-0.39, 0.29) is 0 Å². The predicted molar refractivity (Wildman–Crippen MR) is 47.6 cm³/mol. The highest BCUT2D eigenvalue weighted by Gasteiger charge is 2.04. The fourth-order valence-corrected chi connectivity index (χ4v) is 1.37. The number of rotatable bonds is 2. The number of hydrogen-bond acceptors (Lipinski definition) is 1. The van der Waals surface area contributed by atoms with Gasteiger partial charge in [-0.2, -0.15) is 0 Å². The van der Waals surface area contributed by atoms with E-state index in [0.717, 1.165) is 5.56 Å². The van der Waals surface area contributed by atoms with Crippen LogP contribution < -0.4 is 4.74 Å². The van der Waals surface area contributed by atoms with Gasteiger partial charge in [0.2, 0.25) is 0 Å². The third kappa shape index (κ3) is 1.79. The molecule has 0 fully saturated rings. The van der Waals surface area contributed by atoms with E-state index in [1.807, 2.05) is 12.1 Å². The van der Waals surface area contributed by atoms with Crippen LogP contribution in [0.4, 0.5) is 0 Å². The third-order valence-corrected chi connectivity index (χ3v) is 1.98. The molecule has 0 saturated heterocycles. The van der Waals surface area contributed by atoms with Gasteiger partial charge in [-0.05, 0) is 6.07 Å². The van der Waals surface area contributed by atoms with E-state index in [9.17, 15) is 0 Å². The molecule has 1 nitrogen and oxygen atoms in total. The first-order valence-corrected chi connectivity index (χ1v) is 4.08. The minimum absolute atomic E-state index is 0.420. The Balaban J connectivity index is 3.13. The molecule has 0 bridgehead atoms. The van der Waals surface area contributed by atoms with Crippen molar-refractivity contribution in [3.05, 3.63) is 28.8 Å². The molecule has 0 unspecified atom stereocenters. The van der Waals surface area contributed by atoms with Crippen molar-refractivity contribution >= 4 is 23.2 Å².